The number of allylic oxidation sites excluding steroid dienone is 5. The number of nitrogens with zero attached hydrogens (tertiary/aromatic N) is 5. The van der Waals surface area contributed by atoms with Gasteiger partial charge >= 0.3 is 6.09 Å². The molecule has 252 valence electrons. The van der Waals surface area contributed by atoms with Crippen LogP contribution in [0.4, 0.5) is 9.18 Å². The maximum absolute atomic E-state index is 15.3. The molecule has 0 fully saturated rings. The molecule has 0 spiro atoms. The first-order chi connectivity index (χ1) is 22.6. The highest BCUT2D eigenvalue weighted by atomic mass is 32.1. The molecule has 3 N–H and O–H groups in total. The largest absolute Gasteiger partial charge is 0.442 e. The van der Waals surface area contributed by atoms with Crippen molar-refractivity contribution in [3.8, 4) is 0 Å². The van der Waals surface area contributed by atoms with Gasteiger partial charge in [-0.05, 0) is 52.5 Å². The molecule has 1 atom stereocenters. The minimum atomic E-state index is -0.709. The van der Waals surface area contributed by atoms with E-state index in [0.29, 0.717) is 34.8 Å². The Morgan fingerprint density at radius 2 is 2.02 bits per heavy atom. The zero-order valence-corrected chi connectivity index (χ0v) is 29.0. The van der Waals surface area contributed by atoms with E-state index in [1.165, 1.54) is 17.1 Å². The minimum absolute atomic E-state index is 0.121. The van der Waals surface area contributed by atoms with Crippen molar-refractivity contribution in [2.24, 2.45) is 15.9 Å². The molecule has 0 saturated heterocycles. The molecule has 2 aromatic heterocycles. The lowest BCUT2D eigenvalue weighted by Gasteiger charge is -2.19. The highest BCUT2D eigenvalue weighted by molar-refractivity contribution is 7.13. The van der Waals surface area contributed by atoms with Gasteiger partial charge in [0.2, 0.25) is 0 Å². The Kier molecular flexibility index (Phi) is 12.6. The third-order valence-electron chi connectivity index (χ3n) is 7.64. The van der Waals surface area contributed by atoms with Crippen molar-refractivity contribution in [1.82, 2.24) is 25.4 Å². The van der Waals surface area contributed by atoms with Crippen LogP contribution in [0.1, 0.15) is 75.0 Å². The maximum atomic E-state index is 15.3. The summed E-state index contributed by atoms with van der Waals surface area (Å²) in [6.45, 7) is 10.2. The van der Waals surface area contributed by atoms with Crippen LogP contribution >= 0.6 is 11.3 Å². The number of guanidine groups is 1. The van der Waals surface area contributed by atoms with Gasteiger partial charge in [0.25, 0.3) is 0 Å². The molecule has 47 heavy (non-hydrogen) atoms. The van der Waals surface area contributed by atoms with Gasteiger partial charge in [-0.25, -0.2) is 14.2 Å². The fourth-order valence-electron chi connectivity index (χ4n) is 5.03. The van der Waals surface area contributed by atoms with Crippen molar-refractivity contribution < 1.29 is 19.0 Å². The van der Waals surface area contributed by atoms with Gasteiger partial charge in [-0.15, -0.1) is 11.3 Å². The Labute approximate surface area is 280 Å². The van der Waals surface area contributed by atoms with Gasteiger partial charge in [0.15, 0.2) is 5.96 Å². The van der Waals surface area contributed by atoms with Crippen molar-refractivity contribution in [3.05, 3.63) is 75.7 Å². The molecule has 2 heterocycles. The minimum Gasteiger partial charge on any atom is -0.442 e. The van der Waals surface area contributed by atoms with Crippen LogP contribution in [0.15, 0.2) is 58.7 Å². The molecule has 1 aliphatic rings. The summed E-state index contributed by atoms with van der Waals surface area (Å²) in [5.74, 6) is 0.779. The third kappa shape index (κ3) is 9.68. The quantitative estimate of drug-likeness (QED) is 0.127. The number of aliphatic hydroxyl groups excluding tert-OH is 1. The zero-order valence-electron chi connectivity index (χ0n) is 28.1. The van der Waals surface area contributed by atoms with Gasteiger partial charge in [-0.3, -0.25) is 9.98 Å². The Bertz CT molecular complexity index is 1660. The first-order valence-corrected chi connectivity index (χ1v) is 16.9. The van der Waals surface area contributed by atoms with Crippen molar-refractivity contribution >= 4 is 45.7 Å². The van der Waals surface area contributed by atoms with E-state index in [4.69, 9.17) is 14.7 Å². The van der Waals surface area contributed by atoms with Crippen LogP contribution in [-0.2, 0) is 24.1 Å². The molecule has 1 unspecified atom stereocenters. The average Bonchev–Trinajstić information content (AvgIpc) is 3.61. The molecule has 1 aliphatic carbocycles. The predicted octanol–water partition coefficient (Wildman–Crippen LogP) is 6.59. The Morgan fingerprint density at radius 1 is 1.26 bits per heavy atom. The van der Waals surface area contributed by atoms with E-state index in [1.54, 1.807) is 45.2 Å². The third-order valence-corrected chi connectivity index (χ3v) is 8.79. The SMILES string of the molecule is C/C=C(/C(=NCCCC(CC)CO)NC(=NC)NCc1cc2cnn(C(=O)OC(C)(C)C)c2cc1F)c1nc2c(s1)CC=C/C=C\C2. The summed E-state index contributed by atoms with van der Waals surface area (Å²) in [5, 5.41) is 21.8. The van der Waals surface area contributed by atoms with Crippen LogP contribution in [0.2, 0.25) is 0 Å². The smallest absolute Gasteiger partial charge is 0.435 e. The van der Waals surface area contributed by atoms with Crippen molar-refractivity contribution in [1.29, 1.82) is 0 Å². The summed E-state index contributed by atoms with van der Waals surface area (Å²) in [6.07, 6.45) is 15.4. The van der Waals surface area contributed by atoms with E-state index >= 15 is 4.39 Å². The molecule has 0 radical (unpaired) electrons. The first kappa shape index (κ1) is 35.7. The van der Waals surface area contributed by atoms with Crippen LogP contribution in [-0.4, -0.2) is 63.6 Å². The number of aliphatic imine (C=N–C) groups is 2. The number of hydrogen-bond donors (Lipinski definition) is 3. The molecule has 3 aromatic rings. The number of hydrogen-bond acceptors (Lipinski definition) is 8. The molecule has 0 bridgehead atoms. The Morgan fingerprint density at radius 3 is 2.70 bits per heavy atom. The first-order valence-electron chi connectivity index (χ1n) is 16.1. The standard InChI is InChI=1S/C35H46FN7O3S/c1-7-23(22-44)14-13-17-38-31(26(8-2)32-41-28-15-11-9-10-12-16-30(28)47-32)42-33(37-6)39-20-24-18-25-21-40-43(29(25)19-27(24)36)34(45)46-35(3,4)5/h8-12,18-19,21,23,44H,7,13-17,20,22H2,1-6H3,(H2,37,38,39,42)/b11-9-,12-10?,26-8-. The molecule has 12 heteroatoms. The monoisotopic (exact) mass is 663 g/mol. The molecule has 0 amide bonds. The second kappa shape index (κ2) is 16.6. The van der Waals surface area contributed by atoms with E-state index in [2.05, 4.69) is 45.9 Å². The molecule has 4 rings (SSSR count). The number of aliphatic hydroxyl groups is 1. The van der Waals surface area contributed by atoms with E-state index in [1.807, 2.05) is 19.1 Å². The van der Waals surface area contributed by atoms with Gasteiger partial charge in [0.05, 0.1) is 17.4 Å². The highest BCUT2D eigenvalue weighted by Crippen LogP contribution is 2.28. The fraction of sp³-hybridized carbons (Fsp3) is 0.457. The summed E-state index contributed by atoms with van der Waals surface area (Å²) in [6, 6.07) is 2.95. The number of benzene rings is 1. The number of rotatable bonds is 10. The van der Waals surface area contributed by atoms with Crippen LogP contribution in [0.5, 0.6) is 0 Å². The molecule has 10 nitrogen and oxygen atoms in total. The van der Waals surface area contributed by atoms with E-state index in [9.17, 15) is 9.90 Å². The second-order valence-electron chi connectivity index (χ2n) is 12.3. The molecule has 0 saturated carbocycles. The van der Waals surface area contributed by atoms with Crippen LogP contribution < -0.4 is 10.6 Å². The maximum Gasteiger partial charge on any atom is 0.435 e. The number of ether oxygens (including phenoxy) is 1. The van der Waals surface area contributed by atoms with Crippen molar-refractivity contribution in [3.63, 3.8) is 0 Å². The Balaban J connectivity index is 1.54. The van der Waals surface area contributed by atoms with E-state index < -0.39 is 17.5 Å². The summed E-state index contributed by atoms with van der Waals surface area (Å²) in [4.78, 5) is 28.2. The van der Waals surface area contributed by atoms with Gasteiger partial charge in [0.1, 0.15) is 22.3 Å². The molecular formula is C35H46FN7O3S. The summed E-state index contributed by atoms with van der Waals surface area (Å²) in [7, 11) is 1.65. The van der Waals surface area contributed by atoms with Crippen LogP contribution in [0.3, 0.4) is 0 Å². The number of amidine groups is 1. The van der Waals surface area contributed by atoms with Crippen LogP contribution in [0, 0.1) is 11.7 Å². The van der Waals surface area contributed by atoms with E-state index in [0.717, 1.165) is 53.1 Å². The molecular weight excluding hydrogens is 617 g/mol. The highest BCUT2D eigenvalue weighted by Gasteiger charge is 2.22. The summed E-state index contributed by atoms with van der Waals surface area (Å²) in [5.41, 5.74) is 1.91. The topological polar surface area (TPSA) is 126 Å². The van der Waals surface area contributed by atoms with Gasteiger partial charge in [-0.1, -0.05) is 43.7 Å². The van der Waals surface area contributed by atoms with E-state index in [-0.39, 0.29) is 19.1 Å². The number of carbonyl (C=O) groups is 1. The van der Waals surface area contributed by atoms with Gasteiger partial charge < -0.3 is 20.5 Å². The number of thiazole rings is 1. The number of nitrogens with one attached hydrogen (secondary N) is 2. The lowest BCUT2D eigenvalue weighted by atomic mass is 10.0. The summed E-state index contributed by atoms with van der Waals surface area (Å²) < 4.78 is 21.8. The predicted molar refractivity (Wildman–Crippen MR) is 189 cm³/mol. The van der Waals surface area contributed by atoms with Crippen LogP contribution in [0.25, 0.3) is 16.5 Å². The lowest BCUT2D eigenvalue weighted by molar-refractivity contribution is 0.0522. The van der Waals surface area contributed by atoms with Crippen molar-refractivity contribution in [2.45, 2.75) is 78.9 Å². The fourth-order valence-corrected chi connectivity index (χ4v) is 6.17. The average molecular weight is 664 g/mol. The zero-order chi connectivity index (χ0) is 34.0. The number of aromatic nitrogens is 3. The Hall–Kier alpha value is -4.16. The number of carbonyl (C=O) groups excluding carboxylic acids is 1. The normalized spacial score (nSPS) is 15.6. The number of fused-ring (bicyclic) bond motifs is 2. The van der Waals surface area contributed by atoms with Crippen molar-refractivity contribution in [2.75, 3.05) is 20.2 Å². The van der Waals surface area contributed by atoms with Gasteiger partial charge in [0, 0.05) is 67.1 Å². The van der Waals surface area contributed by atoms with Gasteiger partial charge in [-0.2, -0.15) is 9.78 Å². The molecule has 0 aliphatic heterocycles. The molecule has 1 aromatic carbocycles. The lowest BCUT2D eigenvalue weighted by Crippen LogP contribution is -2.41. The summed E-state index contributed by atoms with van der Waals surface area (Å²) >= 11 is 1.66. The number of halogens is 1. The second-order valence-corrected chi connectivity index (χ2v) is 13.4.